The number of halogens is 5. The molecule has 0 radical (unpaired) electrons. The van der Waals surface area contributed by atoms with Crippen molar-refractivity contribution in [2.75, 3.05) is 0 Å². The van der Waals surface area contributed by atoms with Crippen LogP contribution in [0.5, 0.6) is 0 Å². The zero-order valence-corrected chi connectivity index (χ0v) is 12.5. The standard InChI is InChI=1S/C15H12Cl2F3N/c1-8-7-9(15(18,19)20)5-6-10(8)14(21)13-11(16)3-2-4-12(13)17/h2-7,14H,21H2,1H3. The monoisotopic (exact) mass is 333 g/mol. The van der Waals surface area contributed by atoms with E-state index in [4.69, 9.17) is 28.9 Å². The minimum atomic E-state index is -4.38. The van der Waals surface area contributed by atoms with Crippen molar-refractivity contribution in [1.82, 2.24) is 0 Å². The van der Waals surface area contributed by atoms with Crippen molar-refractivity contribution >= 4 is 23.2 Å². The summed E-state index contributed by atoms with van der Waals surface area (Å²) in [5.41, 5.74) is 6.92. The fourth-order valence-electron chi connectivity index (χ4n) is 2.16. The summed E-state index contributed by atoms with van der Waals surface area (Å²) in [6, 6.07) is 7.72. The maximum absolute atomic E-state index is 12.7. The van der Waals surface area contributed by atoms with Crippen molar-refractivity contribution in [3.05, 3.63) is 68.7 Å². The van der Waals surface area contributed by atoms with Crippen molar-refractivity contribution in [1.29, 1.82) is 0 Å². The highest BCUT2D eigenvalue weighted by atomic mass is 35.5. The van der Waals surface area contributed by atoms with Crippen LogP contribution < -0.4 is 5.73 Å². The molecule has 0 saturated heterocycles. The van der Waals surface area contributed by atoms with Crippen molar-refractivity contribution in [2.45, 2.75) is 19.1 Å². The van der Waals surface area contributed by atoms with Gasteiger partial charge in [0.15, 0.2) is 0 Å². The van der Waals surface area contributed by atoms with Crippen LogP contribution in [0.25, 0.3) is 0 Å². The van der Waals surface area contributed by atoms with Gasteiger partial charge >= 0.3 is 6.18 Å². The summed E-state index contributed by atoms with van der Waals surface area (Å²) in [5.74, 6) is 0. The van der Waals surface area contributed by atoms with Crippen molar-refractivity contribution in [3.63, 3.8) is 0 Å². The Hall–Kier alpha value is -1.23. The van der Waals surface area contributed by atoms with E-state index in [0.717, 1.165) is 12.1 Å². The molecule has 0 aliphatic carbocycles. The normalized spacial score (nSPS) is 13.3. The minimum absolute atomic E-state index is 0.384. The summed E-state index contributed by atoms with van der Waals surface area (Å²) in [7, 11) is 0. The molecule has 0 saturated carbocycles. The molecule has 0 aromatic heterocycles. The molecule has 0 fully saturated rings. The smallest absolute Gasteiger partial charge is 0.320 e. The number of aryl methyl sites for hydroxylation is 1. The molecule has 1 nitrogen and oxygen atoms in total. The Labute approximate surface area is 130 Å². The molecule has 6 heteroatoms. The first-order chi connectivity index (χ1) is 9.71. The second kappa shape index (κ2) is 5.87. The highest BCUT2D eigenvalue weighted by Gasteiger charge is 2.31. The quantitative estimate of drug-likeness (QED) is 0.785. The summed E-state index contributed by atoms with van der Waals surface area (Å²) in [6.45, 7) is 1.58. The fraction of sp³-hybridized carbons (Fsp3) is 0.200. The van der Waals surface area contributed by atoms with Gasteiger partial charge in [-0.2, -0.15) is 13.2 Å². The Bertz CT molecular complexity index is 648. The van der Waals surface area contributed by atoms with Gasteiger partial charge in [0, 0.05) is 15.6 Å². The molecular formula is C15H12Cl2F3N. The van der Waals surface area contributed by atoms with Crippen LogP contribution in [0.15, 0.2) is 36.4 Å². The summed E-state index contributed by atoms with van der Waals surface area (Å²) in [4.78, 5) is 0. The van der Waals surface area contributed by atoms with Crippen LogP contribution in [0.2, 0.25) is 10.0 Å². The van der Waals surface area contributed by atoms with E-state index in [1.54, 1.807) is 25.1 Å². The lowest BCUT2D eigenvalue weighted by Gasteiger charge is -2.19. The van der Waals surface area contributed by atoms with Crippen molar-refractivity contribution in [2.24, 2.45) is 5.73 Å². The molecule has 0 aliphatic heterocycles. The van der Waals surface area contributed by atoms with Crippen LogP contribution in [0, 0.1) is 6.92 Å². The van der Waals surface area contributed by atoms with Crippen LogP contribution in [0.3, 0.4) is 0 Å². The summed E-state index contributed by atoms with van der Waals surface area (Å²) >= 11 is 12.2. The third-order valence-corrected chi connectivity index (χ3v) is 3.90. The maximum atomic E-state index is 12.7. The van der Waals surface area contributed by atoms with E-state index in [1.165, 1.54) is 6.07 Å². The summed E-state index contributed by atoms with van der Waals surface area (Å²) in [6.07, 6.45) is -4.38. The van der Waals surface area contributed by atoms with Crippen molar-refractivity contribution in [3.8, 4) is 0 Å². The third kappa shape index (κ3) is 3.34. The van der Waals surface area contributed by atoms with Gasteiger partial charge in [0.2, 0.25) is 0 Å². The molecule has 1 unspecified atom stereocenters. The Morgan fingerprint density at radius 2 is 1.62 bits per heavy atom. The number of benzene rings is 2. The Kier molecular flexibility index (Phi) is 4.51. The minimum Gasteiger partial charge on any atom is -0.320 e. The topological polar surface area (TPSA) is 26.0 Å². The van der Waals surface area contributed by atoms with E-state index in [-0.39, 0.29) is 0 Å². The molecule has 2 aromatic rings. The lowest BCUT2D eigenvalue weighted by molar-refractivity contribution is -0.137. The molecule has 2 aromatic carbocycles. The van der Waals surface area contributed by atoms with E-state index in [1.807, 2.05) is 0 Å². The Morgan fingerprint density at radius 3 is 2.10 bits per heavy atom. The average molecular weight is 334 g/mol. The second-order valence-corrected chi connectivity index (χ2v) is 5.50. The molecule has 0 heterocycles. The van der Waals surface area contributed by atoms with Gasteiger partial charge in [-0.15, -0.1) is 0 Å². The van der Waals surface area contributed by atoms with E-state index in [0.29, 0.717) is 26.7 Å². The Balaban J connectivity index is 2.47. The van der Waals surface area contributed by atoms with Gasteiger partial charge in [-0.3, -0.25) is 0 Å². The lowest BCUT2D eigenvalue weighted by Crippen LogP contribution is -2.15. The highest BCUT2D eigenvalue weighted by molar-refractivity contribution is 6.36. The molecule has 0 bridgehead atoms. The number of hydrogen-bond acceptors (Lipinski definition) is 1. The average Bonchev–Trinajstić information content (AvgIpc) is 2.37. The number of rotatable bonds is 2. The van der Waals surface area contributed by atoms with Crippen LogP contribution in [0.1, 0.15) is 28.3 Å². The van der Waals surface area contributed by atoms with Crippen molar-refractivity contribution < 1.29 is 13.2 Å². The first kappa shape index (κ1) is 16.1. The van der Waals surface area contributed by atoms with Crippen LogP contribution in [-0.4, -0.2) is 0 Å². The van der Waals surface area contributed by atoms with Gasteiger partial charge < -0.3 is 5.73 Å². The first-order valence-corrected chi connectivity index (χ1v) is 6.84. The third-order valence-electron chi connectivity index (χ3n) is 3.24. The first-order valence-electron chi connectivity index (χ1n) is 6.09. The van der Waals surface area contributed by atoms with Gasteiger partial charge in [-0.1, -0.05) is 35.3 Å². The van der Waals surface area contributed by atoms with E-state index < -0.39 is 17.8 Å². The molecule has 1 atom stereocenters. The molecule has 112 valence electrons. The predicted octanol–water partition coefficient (Wildman–Crippen LogP) is 5.37. The Morgan fingerprint density at radius 1 is 1.05 bits per heavy atom. The van der Waals surface area contributed by atoms with Crippen LogP contribution >= 0.6 is 23.2 Å². The number of nitrogens with two attached hydrogens (primary N) is 1. The zero-order chi connectivity index (χ0) is 15.8. The molecule has 2 N–H and O–H groups in total. The molecule has 0 amide bonds. The van der Waals surface area contributed by atoms with Gasteiger partial charge in [0.1, 0.15) is 0 Å². The van der Waals surface area contributed by atoms with Gasteiger partial charge in [0.25, 0.3) is 0 Å². The largest absolute Gasteiger partial charge is 0.416 e. The molecule has 0 spiro atoms. The van der Waals surface area contributed by atoms with Crippen LogP contribution in [0.4, 0.5) is 13.2 Å². The van der Waals surface area contributed by atoms with E-state index in [2.05, 4.69) is 0 Å². The highest BCUT2D eigenvalue weighted by Crippen LogP contribution is 2.36. The zero-order valence-electron chi connectivity index (χ0n) is 11.0. The van der Waals surface area contributed by atoms with Gasteiger partial charge in [-0.25, -0.2) is 0 Å². The number of hydrogen-bond donors (Lipinski definition) is 1. The van der Waals surface area contributed by atoms with E-state index >= 15 is 0 Å². The predicted molar refractivity (Wildman–Crippen MR) is 78.7 cm³/mol. The molecule has 0 aliphatic rings. The van der Waals surface area contributed by atoms with Crippen LogP contribution in [-0.2, 0) is 6.18 Å². The van der Waals surface area contributed by atoms with Gasteiger partial charge in [-0.05, 0) is 42.3 Å². The van der Waals surface area contributed by atoms with Gasteiger partial charge in [0.05, 0.1) is 11.6 Å². The maximum Gasteiger partial charge on any atom is 0.416 e. The summed E-state index contributed by atoms with van der Waals surface area (Å²) in [5, 5.41) is 0.767. The lowest BCUT2D eigenvalue weighted by atomic mass is 9.94. The second-order valence-electron chi connectivity index (χ2n) is 4.68. The summed E-state index contributed by atoms with van der Waals surface area (Å²) < 4.78 is 38.0. The van der Waals surface area contributed by atoms with E-state index in [9.17, 15) is 13.2 Å². The molecule has 2 rings (SSSR count). The SMILES string of the molecule is Cc1cc(C(F)(F)F)ccc1C(N)c1c(Cl)cccc1Cl. The molecular weight excluding hydrogens is 322 g/mol. The molecule has 21 heavy (non-hydrogen) atoms. The number of alkyl halides is 3. The fourth-order valence-corrected chi connectivity index (χ4v) is 2.80.